The predicted molar refractivity (Wildman–Crippen MR) is 226 cm³/mol. The van der Waals surface area contributed by atoms with Crippen molar-refractivity contribution >= 4 is 83.6 Å². The molecule has 14 nitrogen and oxygen atoms in total. The maximum Gasteiger partial charge on any atom is 0.422 e. The van der Waals surface area contributed by atoms with Gasteiger partial charge in [0.2, 0.25) is 24.2 Å². The van der Waals surface area contributed by atoms with Crippen LogP contribution in [-0.4, -0.2) is 86.2 Å². The van der Waals surface area contributed by atoms with Crippen molar-refractivity contribution in [2.45, 2.75) is 50.2 Å². The highest BCUT2D eigenvalue weighted by atomic mass is 35.5. The van der Waals surface area contributed by atoms with Gasteiger partial charge in [-0.3, -0.25) is 19.4 Å². The van der Waals surface area contributed by atoms with Crippen LogP contribution >= 0.6 is 35.0 Å². The topological polar surface area (TPSA) is 181 Å². The Bertz CT molecular complexity index is 2080. The third-order valence-electron chi connectivity index (χ3n) is 8.13. The maximum atomic E-state index is 13.9. The third-order valence-corrected chi connectivity index (χ3v) is 9.63. The quantitative estimate of drug-likeness (QED) is 0.0162. The minimum Gasteiger partial charge on any atom is -0.495 e. The summed E-state index contributed by atoms with van der Waals surface area (Å²) in [4.78, 5) is 48.2. The number of carbonyl (C=O) groups excluding carboxylic acids is 3. The van der Waals surface area contributed by atoms with Crippen molar-refractivity contribution in [2.24, 2.45) is 10.4 Å². The summed E-state index contributed by atoms with van der Waals surface area (Å²) in [5, 5.41) is 15.3. The molecular formula is C39H45Cl2F4N9O5S. The van der Waals surface area contributed by atoms with Gasteiger partial charge in [0.25, 0.3) is 0 Å². The summed E-state index contributed by atoms with van der Waals surface area (Å²) in [6.45, 7) is 9.26. The maximum absolute atomic E-state index is 13.9. The number of benzene rings is 3. The monoisotopic (exact) mass is 897 g/mol. The summed E-state index contributed by atoms with van der Waals surface area (Å²) in [6.07, 6.45) is -2.12. The van der Waals surface area contributed by atoms with Gasteiger partial charge in [0, 0.05) is 35.6 Å². The lowest BCUT2D eigenvalue weighted by atomic mass is 9.93. The molecule has 1 aliphatic carbocycles. The zero-order valence-electron chi connectivity index (χ0n) is 33.3. The van der Waals surface area contributed by atoms with Gasteiger partial charge in [0.15, 0.2) is 12.9 Å². The fraction of sp³-hybridized carbons (Fsp3) is 0.359. The number of alkyl halides is 3. The zero-order valence-corrected chi connectivity index (χ0v) is 35.6. The van der Waals surface area contributed by atoms with Crippen LogP contribution in [0, 0.1) is 11.2 Å². The highest BCUT2D eigenvalue weighted by molar-refractivity contribution is 7.99. The average Bonchev–Trinajstić information content (AvgIpc) is 3.97. The SMILES string of the molecule is C=Nc1cc(Cl)c(OC)cc1SCNC=O.CNCC(C)(C)CNC(C)=O.O=Cc1ccc(Nc2nc(NC3(c4ccc(Cl)cc4)CC3)nc(OCC(F)(F)F)n2)cc1F. The van der Waals surface area contributed by atoms with Gasteiger partial charge >= 0.3 is 12.2 Å². The fourth-order valence-corrected chi connectivity index (χ4v) is 6.21. The molecule has 1 saturated carbocycles. The number of amides is 2. The third kappa shape index (κ3) is 16.4. The van der Waals surface area contributed by atoms with E-state index in [1.165, 1.54) is 30.8 Å². The number of thioether (sulfide) groups is 1. The molecule has 324 valence electrons. The lowest BCUT2D eigenvalue weighted by molar-refractivity contribution is -0.154. The van der Waals surface area contributed by atoms with Gasteiger partial charge in [-0.1, -0.05) is 49.2 Å². The molecule has 1 fully saturated rings. The molecule has 60 heavy (non-hydrogen) atoms. The Morgan fingerprint density at radius 1 is 1.02 bits per heavy atom. The van der Waals surface area contributed by atoms with Crippen LogP contribution < -0.4 is 36.1 Å². The zero-order chi connectivity index (χ0) is 44.5. The van der Waals surface area contributed by atoms with Crippen LogP contribution in [0.1, 0.15) is 49.5 Å². The minimum absolute atomic E-state index is 0.0258. The number of aromatic nitrogens is 3. The second kappa shape index (κ2) is 22.9. The molecule has 1 heterocycles. The summed E-state index contributed by atoms with van der Waals surface area (Å²) in [5.74, 6) is 0.0842. The molecule has 0 saturated heterocycles. The number of anilines is 3. The molecule has 1 aliphatic rings. The Morgan fingerprint density at radius 2 is 1.70 bits per heavy atom. The number of halogens is 6. The summed E-state index contributed by atoms with van der Waals surface area (Å²) in [7, 11) is 3.45. The van der Waals surface area contributed by atoms with E-state index in [0.717, 1.165) is 42.5 Å². The van der Waals surface area contributed by atoms with E-state index in [0.29, 0.717) is 40.1 Å². The number of ether oxygens (including phenoxy) is 2. The van der Waals surface area contributed by atoms with Crippen LogP contribution in [0.25, 0.3) is 0 Å². The van der Waals surface area contributed by atoms with Gasteiger partial charge in [-0.05, 0) is 80.0 Å². The largest absolute Gasteiger partial charge is 0.495 e. The van der Waals surface area contributed by atoms with Crippen LogP contribution in [0.3, 0.4) is 0 Å². The second-order valence-corrected chi connectivity index (χ2v) is 15.6. The fourth-order valence-electron chi connectivity index (χ4n) is 5.08. The Morgan fingerprint density at radius 3 is 2.25 bits per heavy atom. The summed E-state index contributed by atoms with van der Waals surface area (Å²) < 4.78 is 61.6. The lowest BCUT2D eigenvalue weighted by Gasteiger charge is -2.23. The number of aldehydes is 1. The van der Waals surface area contributed by atoms with E-state index in [1.807, 2.05) is 19.2 Å². The molecule has 0 aliphatic heterocycles. The number of aliphatic imine (C=N–C) groups is 1. The van der Waals surface area contributed by atoms with Crippen molar-refractivity contribution in [3.63, 3.8) is 0 Å². The van der Waals surface area contributed by atoms with E-state index in [1.54, 1.807) is 31.4 Å². The van der Waals surface area contributed by atoms with Gasteiger partial charge in [-0.25, -0.2) is 4.39 Å². The van der Waals surface area contributed by atoms with E-state index in [2.05, 4.69) is 67.1 Å². The van der Waals surface area contributed by atoms with Crippen molar-refractivity contribution in [3.8, 4) is 11.8 Å². The smallest absolute Gasteiger partial charge is 0.422 e. The van der Waals surface area contributed by atoms with Gasteiger partial charge in [0.05, 0.1) is 34.8 Å². The first-order chi connectivity index (χ1) is 28.4. The molecule has 0 bridgehead atoms. The Kier molecular flexibility index (Phi) is 18.8. The van der Waals surface area contributed by atoms with Crippen LogP contribution in [0.5, 0.6) is 11.8 Å². The Labute approximate surface area is 359 Å². The lowest BCUT2D eigenvalue weighted by Crippen LogP contribution is -2.38. The minimum atomic E-state index is -4.59. The second-order valence-electron chi connectivity index (χ2n) is 13.7. The molecule has 0 unspecified atom stereocenters. The van der Waals surface area contributed by atoms with E-state index in [9.17, 15) is 31.9 Å². The molecule has 3 aromatic carbocycles. The van der Waals surface area contributed by atoms with Crippen LogP contribution in [0.15, 0.2) is 64.5 Å². The van der Waals surface area contributed by atoms with E-state index < -0.39 is 30.1 Å². The van der Waals surface area contributed by atoms with E-state index >= 15 is 0 Å². The number of carbonyl (C=O) groups is 3. The highest BCUT2D eigenvalue weighted by Gasteiger charge is 2.45. The van der Waals surface area contributed by atoms with E-state index in [-0.39, 0.29) is 34.5 Å². The van der Waals surface area contributed by atoms with Crippen molar-refractivity contribution < 1.29 is 41.4 Å². The summed E-state index contributed by atoms with van der Waals surface area (Å²) in [5.41, 5.74) is 1.24. The molecule has 4 aromatic rings. The predicted octanol–water partition coefficient (Wildman–Crippen LogP) is 8.11. The molecule has 5 rings (SSSR count). The van der Waals surface area contributed by atoms with Crippen LogP contribution in [0.2, 0.25) is 10.0 Å². The normalized spacial score (nSPS) is 12.6. The summed E-state index contributed by atoms with van der Waals surface area (Å²) in [6, 6.07) is 13.7. The highest BCUT2D eigenvalue weighted by Crippen LogP contribution is 2.48. The first-order valence-electron chi connectivity index (χ1n) is 17.9. The molecule has 5 N–H and O–H groups in total. The Hall–Kier alpha value is -5.24. The molecule has 0 spiro atoms. The number of hydrogen-bond acceptors (Lipinski definition) is 13. The first kappa shape index (κ1) is 49.1. The molecule has 21 heteroatoms. The van der Waals surface area contributed by atoms with Gasteiger partial charge < -0.3 is 36.1 Å². The number of rotatable bonds is 18. The molecule has 0 atom stereocenters. The first-order valence-corrected chi connectivity index (χ1v) is 19.7. The number of nitrogens with one attached hydrogen (secondary N) is 5. The average molecular weight is 899 g/mol. The number of methoxy groups -OCH3 is 1. The standard InChI is InChI=1S/C21H16ClF4N5O2.C10H11ClN2O2S.C8H18N2O/c22-14-4-2-13(3-5-14)20(7-8-20)31-18-28-17(29-19(30-18)33-11-21(24,25)26)27-15-6-1-12(10-32)16(23)9-15;1-12-8-3-7(11)9(15-2)4-10(8)16-6-13-5-14;1-7(11)10-6-8(2,3)5-9-4/h1-6,9-10H,7-8,11H2,(H2,27,28,29,30,31);3-5H,1,6H2,2H3,(H,13,14);9H,5-6H2,1-4H3,(H,10,11). The molecule has 2 amide bonds. The van der Waals surface area contributed by atoms with E-state index in [4.69, 9.17) is 32.7 Å². The van der Waals surface area contributed by atoms with Gasteiger partial charge in [0.1, 0.15) is 11.6 Å². The van der Waals surface area contributed by atoms with Crippen LogP contribution in [-0.2, 0) is 15.1 Å². The van der Waals surface area contributed by atoms with Gasteiger partial charge in [-0.2, -0.15) is 28.1 Å². The number of hydrogen-bond donors (Lipinski definition) is 5. The Balaban J connectivity index is 0.000000295. The van der Waals surface area contributed by atoms with Crippen molar-refractivity contribution in [3.05, 3.63) is 81.6 Å². The molecule has 0 radical (unpaired) electrons. The van der Waals surface area contributed by atoms with Crippen molar-refractivity contribution in [1.82, 2.24) is 30.9 Å². The summed E-state index contributed by atoms with van der Waals surface area (Å²) >= 11 is 13.3. The van der Waals surface area contributed by atoms with Crippen LogP contribution in [0.4, 0.5) is 40.8 Å². The number of nitrogens with zero attached hydrogens (tertiary/aromatic N) is 4. The molecular weight excluding hydrogens is 853 g/mol. The van der Waals surface area contributed by atoms with Crippen molar-refractivity contribution in [1.29, 1.82) is 0 Å². The molecule has 1 aromatic heterocycles. The van der Waals surface area contributed by atoms with Crippen molar-refractivity contribution in [2.75, 3.05) is 50.4 Å². The van der Waals surface area contributed by atoms with Gasteiger partial charge in [-0.15, -0.1) is 11.8 Å².